The lowest BCUT2D eigenvalue weighted by Gasteiger charge is -2.08. The number of hydrogen-bond donors (Lipinski definition) is 2. The predicted molar refractivity (Wildman–Crippen MR) is 66.7 cm³/mol. The second kappa shape index (κ2) is 5.24. The molecule has 0 spiro atoms. The Hall–Kier alpha value is -2.51. The van der Waals surface area contributed by atoms with Crippen LogP contribution in [-0.2, 0) is 17.5 Å². The van der Waals surface area contributed by atoms with Crippen LogP contribution in [0, 0.1) is 0 Å². The third kappa shape index (κ3) is 3.28. The summed E-state index contributed by atoms with van der Waals surface area (Å²) in [5.74, 6) is -0.514. The number of anilines is 2. The van der Waals surface area contributed by atoms with Gasteiger partial charge < -0.3 is 11.1 Å². The zero-order chi connectivity index (χ0) is 14.8. The number of hydrogen-bond acceptors (Lipinski definition) is 3. The van der Waals surface area contributed by atoms with Gasteiger partial charge >= 0.3 is 6.18 Å². The van der Waals surface area contributed by atoms with Crippen LogP contribution in [0.15, 0.2) is 36.5 Å². The molecule has 1 aromatic heterocycles. The molecule has 5 nitrogen and oxygen atoms in total. The Morgan fingerprint density at radius 2 is 2.00 bits per heavy atom. The van der Waals surface area contributed by atoms with E-state index in [9.17, 15) is 18.0 Å². The molecule has 0 radical (unpaired) electrons. The zero-order valence-corrected chi connectivity index (χ0v) is 10.2. The number of carbonyl (C=O) groups excluding carboxylic acids is 1. The van der Waals surface area contributed by atoms with Gasteiger partial charge in [-0.15, -0.1) is 0 Å². The maximum Gasteiger partial charge on any atom is 0.435 e. The summed E-state index contributed by atoms with van der Waals surface area (Å²) in [6.45, 7) is -0.329. The third-order valence-corrected chi connectivity index (χ3v) is 2.47. The Morgan fingerprint density at radius 3 is 2.60 bits per heavy atom. The van der Waals surface area contributed by atoms with Crippen LogP contribution in [0.4, 0.5) is 24.5 Å². The molecule has 0 fully saturated rings. The van der Waals surface area contributed by atoms with Gasteiger partial charge in [-0.25, -0.2) is 0 Å². The molecule has 2 rings (SSSR count). The normalized spacial score (nSPS) is 11.3. The average Bonchev–Trinajstić information content (AvgIpc) is 2.80. The summed E-state index contributed by atoms with van der Waals surface area (Å²) in [6, 6.07) is 7.39. The van der Waals surface area contributed by atoms with E-state index < -0.39 is 17.8 Å². The average molecular weight is 284 g/mol. The molecular weight excluding hydrogens is 273 g/mol. The van der Waals surface area contributed by atoms with E-state index in [0.29, 0.717) is 11.4 Å². The van der Waals surface area contributed by atoms with Crippen molar-refractivity contribution in [1.29, 1.82) is 0 Å². The van der Waals surface area contributed by atoms with Crippen molar-refractivity contribution in [3.8, 4) is 0 Å². The number of halogens is 3. The predicted octanol–water partition coefficient (Wildman–Crippen LogP) is 2.12. The van der Waals surface area contributed by atoms with E-state index in [1.807, 2.05) is 0 Å². The molecular formula is C12H11F3N4O. The van der Waals surface area contributed by atoms with Crippen LogP contribution in [0.5, 0.6) is 0 Å². The Bertz CT molecular complexity index is 621. The molecule has 3 N–H and O–H groups in total. The number of aromatic nitrogens is 2. The minimum absolute atomic E-state index is 0.329. The van der Waals surface area contributed by atoms with E-state index in [-0.39, 0.29) is 6.54 Å². The van der Waals surface area contributed by atoms with E-state index >= 15 is 0 Å². The summed E-state index contributed by atoms with van der Waals surface area (Å²) in [7, 11) is 0. The molecule has 0 aliphatic heterocycles. The highest BCUT2D eigenvalue weighted by Crippen LogP contribution is 2.27. The molecule has 1 aromatic carbocycles. The maximum atomic E-state index is 12.3. The van der Waals surface area contributed by atoms with E-state index in [4.69, 9.17) is 5.73 Å². The molecule has 0 atom stereocenters. The van der Waals surface area contributed by atoms with Crippen molar-refractivity contribution >= 4 is 17.3 Å². The molecule has 1 heterocycles. The number of nitrogens with zero attached hydrogens (tertiary/aromatic N) is 2. The number of benzene rings is 1. The lowest BCUT2D eigenvalue weighted by Crippen LogP contribution is -2.20. The van der Waals surface area contributed by atoms with Gasteiger partial charge in [-0.1, -0.05) is 12.1 Å². The van der Waals surface area contributed by atoms with Crippen LogP contribution in [0.3, 0.4) is 0 Å². The first kappa shape index (κ1) is 13.9. The van der Waals surface area contributed by atoms with Crippen molar-refractivity contribution in [2.75, 3.05) is 11.1 Å². The number of rotatable bonds is 3. The van der Waals surface area contributed by atoms with Crippen molar-refractivity contribution < 1.29 is 18.0 Å². The fourth-order valence-corrected chi connectivity index (χ4v) is 1.55. The van der Waals surface area contributed by atoms with Crippen molar-refractivity contribution in [3.05, 3.63) is 42.2 Å². The lowest BCUT2D eigenvalue weighted by atomic mass is 10.2. The summed E-state index contributed by atoms with van der Waals surface area (Å²) in [6.07, 6.45) is -3.43. The van der Waals surface area contributed by atoms with Gasteiger partial charge in [-0.2, -0.15) is 18.3 Å². The minimum atomic E-state index is -4.52. The maximum absolute atomic E-state index is 12.3. The van der Waals surface area contributed by atoms with Gasteiger partial charge in [-0.05, 0) is 18.2 Å². The highest BCUT2D eigenvalue weighted by molar-refractivity contribution is 5.93. The molecule has 2 aromatic rings. The smallest absolute Gasteiger partial charge is 0.397 e. The minimum Gasteiger partial charge on any atom is -0.397 e. The van der Waals surface area contributed by atoms with Crippen LogP contribution in [0.25, 0.3) is 0 Å². The number of para-hydroxylation sites is 2. The van der Waals surface area contributed by atoms with Gasteiger partial charge in [0, 0.05) is 6.20 Å². The number of nitrogens with two attached hydrogens (primary N) is 1. The molecule has 1 amide bonds. The first-order chi connectivity index (χ1) is 9.36. The molecule has 0 saturated heterocycles. The number of carbonyl (C=O) groups is 1. The Morgan fingerprint density at radius 1 is 1.30 bits per heavy atom. The topological polar surface area (TPSA) is 72.9 Å². The van der Waals surface area contributed by atoms with Crippen LogP contribution in [-0.4, -0.2) is 15.7 Å². The number of alkyl halides is 3. The van der Waals surface area contributed by atoms with Gasteiger partial charge in [0.25, 0.3) is 0 Å². The van der Waals surface area contributed by atoms with E-state index in [1.54, 1.807) is 24.3 Å². The van der Waals surface area contributed by atoms with Crippen molar-refractivity contribution in [1.82, 2.24) is 9.78 Å². The van der Waals surface area contributed by atoms with Gasteiger partial charge in [-0.3, -0.25) is 9.48 Å². The molecule has 106 valence electrons. The summed E-state index contributed by atoms with van der Waals surface area (Å²) in [4.78, 5) is 11.7. The number of amides is 1. The van der Waals surface area contributed by atoms with Crippen LogP contribution in [0.1, 0.15) is 5.69 Å². The Balaban J connectivity index is 2.02. The number of nitrogen functional groups attached to an aromatic ring is 1. The van der Waals surface area contributed by atoms with Gasteiger partial charge in [0.15, 0.2) is 5.69 Å². The summed E-state index contributed by atoms with van der Waals surface area (Å²) in [5.41, 5.74) is 5.38. The summed E-state index contributed by atoms with van der Waals surface area (Å²) in [5, 5.41) is 5.79. The van der Waals surface area contributed by atoms with E-state index in [1.165, 1.54) is 0 Å². The molecule has 0 bridgehead atoms. The van der Waals surface area contributed by atoms with Crippen LogP contribution >= 0.6 is 0 Å². The monoisotopic (exact) mass is 284 g/mol. The first-order valence-corrected chi connectivity index (χ1v) is 5.61. The highest BCUT2D eigenvalue weighted by Gasteiger charge is 2.33. The highest BCUT2D eigenvalue weighted by atomic mass is 19.4. The second-order valence-electron chi connectivity index (χ2n) is 4.03. The molecule has 20 heavy (non-hydrogen) atoms. The standard InChI is InChI=1S/C12H11F3N4O/c13-12(14,15)10-5-6-19(18-10)7-11(20)17-9-4-2-1-3-8(9)16/h1-6H,7,16H2,(H,17,20). The lowest BCUT2D eigenvalue weighted by molar-refractivity contribution is -0.141. The fraction of sp³-hybridized carbons (Fsp3) is 0.167. The molecule has 0 aliphatic rings. The first-order valence-electron chi connectivity index (χ1n) is 5.61. The largest absolute Gasteiger partial charge is 0.435 e. The van der Waals surface area contributed by atoms with Crippen molar-refractivity contribution in [2.45, 2.75) is 12.7 Å². The number of nitrogens with one attached hydrogen (secondary N) is 1. The zero-order valence-electron chi connectivity index (χ0n) is 10.2. The fourth-order valence-electron chi connectivity index (χ4n) is 1.55. The van der Waals surface area contributed by atoms with Gasteiger partial charge in [0.05, 0.1) is 11.4 Å². The van der Waals surface area contributed by atoms with E-state index in [2.05, 4.69) is 10.4 Å². The Labute approximate surface area is 112 Å². The van der Waals surface area contributed by atoms with Gasteiger partial charge in [0.1, 0.15) is 6.54 Å². The van der Waals surface area contributed by atoms with Crippen molar-refractivity contribution in [3.63, 3.8) is 0 Å². The quantitative estimate of drug-likeness (QED) is 0.848. The molecule has 0 aliphatic carbocycles. The second-order valence-corrected chi connectivity index (χ2v) is 4.03. The molecule has 0 unspecified atom stereocenters. The van der Waals surface area contributed by atoms with Crippen LogP contribution in [0.2, 0.25) is 0 Å². The SMILES string of the molecule is Nc1ccccc1NC(=O)Cn1ccc(C(F)(F)F)n1. The molecule has 8 heteroatoms. The van der Waals surface area contributed by atoms with Gasteiger partial charge in [0.2, 0.25) is 5.91 Å². The summed E-state index contributed by atoms with van der Waals surface area (Å²) < 4.78 is 38.0. The Kier molecular flexibility index (Phi) is 3.64. The van der Waals surface area contributed by atoms with E-state index in [0.717, 1.165) is 16.9 Å². The third-order valence-electron chi connectivity index (χ3n) is 2.47. The van der Waals surface area contributed by atoms with Crippen molar-refractivity contribution in [2.24, 2.45) is 0 Å². The molecule has 0 saturated carbocycles. The summed E-state index contributed by atoms with van der Waals surface area (Å²) >= 11 is 0. The van der Waals surface area contributed by atoms with Crippen LogP contribution < -0.4 is 11.1 Å².